The number of sulfonamides is 1. The van der Waals surface area contributed by atoms with Crippen molar-refractivity contribution in [2.75, 3.05) is 19.6 Å². The Morgan fingerprint density at radius 1 is 1.53 bits per heavy atom. The molecule has 98 valence electrons. The summed E-state index contributed by atoms with van der Waals surface area (Å²) in [5, 5.41) is 0.118. The number of aromatic nitrogens is 2. The summed E-state index contributed by atoms with van der Waals surface area (Å²) in [5.74, 6) is 0. The van der Waals surface area contributed by atoms with Crippen molar-refractivity contribution in [3.05, 3.63) is 12.5 Å². The van der Waals surface area contributed by atoms with Gasteiger partial charge in [-0.05, 0) is 12.0 Å². The average Bonchev–Trinajstić information content (AvgIpc) is 2.79. The first-order valence-electron chi connectivity index (χ1n) is 5.52. The van der Waals surface area contributed by atoms with Crippen molar-refractivity contribution in [1.82, 2.24) is 14.3 Å². The average molecular weight is 260 g/mol. The molecule has 0 aromatic carbocycles. The van der Waals surface area contributed by atoms with Crippen LogP contribution in [0, 0.1) is 5.41 Å². The first-order chi connectivity index (χ1) is 7.83. The van der Waals surface area contributed by atoms with E-state index < -0.39 is 10.0 Å². The van der Waals surface area contributed by atoms with Crippen molar-refractivity contribution in [2.45, 2.75) is 25.8 Å². The Labute approximate surface area is 102 Å². The molecule has 0 saturated carbocycles. The van der Waals surface area contributed by atoms with Crippen molar-refractivity contribution in [2.24, 2.45) is 11.1 Å². The third-order valence-electron chi connectivity index (χ3n) is 2.60. The topological polar surface area (TPSA) is 92.1 Å². The lowest BCUT2D eigenvalue weighted by atomic mass is 9.94. The molecule has 1 aromatic rings. The van der Waals surface area contributed by atoms with E-state index in [1.165, 1.54) is 16.8 Å². The molecule has 6 nitrogen and oxygen atoms in total. The smallest absolute Gasteiger partial charge is 0.260 e. The Kier molecular flexibility index (Phi) is 4.29. The zero-order valence-corrected chi connectivity index (χ0v) is 11.3. The third kappa shape index (κ3) is 3.27. The van der Waals surface area contributed by atoms with Crippen LogP contribution in [0.25, 0.3) is 0 Å². The fourth-order valence-electron chi connectivity index (χ4n) is 1.43. The molecule has 0 unspecified atom stereocenters. The number of nitrogens with one attached hydrogen (secondary N) is 1. The van der Waals surface area contributed by atoms with E-state index in [9.17, 15) is 8.42 Å². The highest BCUT2D eigenvalue weighted by atomic mass is 32.2. The van der Waals surface area contributed by atoms with E-state index in [1.54, 1.807) is 6.92 Å². The van der Waals surface area contributed by atoms with Crippen molar-refractivity contribution >= 4 is 10.0 Å². The van der Waals surface area contributed by atoms with Gasteiger partial charge in [-0.25, -0.2) is 13.4 Å². The number of aromatic amines is 1. The van der Waals surface area contributed by atoms with Gasteiger partial charge in [0.05, 0.1) is 12.5 Å². The Bertz CT molecular complexity index is 439. The maximum Gasteiger partial charge on any atom is 0.260 e. The van der Waals surface area contributed by atoms with E-state index >= 15 is 0 Å². The number of rotatable bonds is 6. The van der Waals surface area contributed by atoms with Crippen molar-refractivity contribution in [3.63, 3.8) is 0 Å². The minimum atomic E-state index is -3.49. The maximum absolute atomic E-state index is 12.2. The van der Waals surface area contributed by atoms with Gasteiger partial charge in [0.2, 0.25) is 0 Å². The third-order valence-corrected chi connectivity index (χ3v) is 4.45. The van der Waals surface area contributed by atoms with Crippen molar-refractivity contribution in [3.8, 4) is 0 Å². The summed E-state index contributed by atoms with van der Waals surface area (Å²) >= 11 is 0. The van der Waals surface area contributed by atoms with Crippen LogP contribution in [-0.2, 0) is 10.0 Å². The molecule has 1 rings (SSSR count). The zero-order chi connectivity index (χ0) is 13.1. The van der Waals surface area contributed by atoms with Gasteiger partial charge in [-0.1, -0.05) is 20.8 Å². The van der Waals surface area contributed by atoms with Crippen LogP contribution in [0.2, 0.25) is 0 Å². The van der Waals surface area contributed by atoms with Gasteiger partial charge >= 0.3 is 0 Å². The predicted octanol–water partition coefficient (Wildman–Crippen LogP) is 0.405. The molecule has 7 heteroatoms. The molecule has 0 radical (unpaired) electrons. The van der Waals surface area contributed by atoms with Gasteiger partial charge in [-0.15, -0.1) is 0 Å². The first-order valence-corrected chi connectivity index (χ1v) is 6.96. The number of imidazole rings is 1. The van der Waals surface area contributed by atoms with Gasteiger partial charge in [0.15, 0.2) is 5.03 Å². The van der Waals surface area contributed by atoms with E-state index in [2.05, 4.69) is 9.97 Å². The molecule has 17 heavy (non-hydrogen) atoms. The molecule has 0 atom stereocenters. The van der Waals surface area contributed by atoms with Crippen molar-refractivity contribution < 1.29 is 8.42 Å². The summed E-state index contributed by atoms with van der Waals surface area (Å²) in [6.45, 7) is 6.92. The SMILES string of the molecule is CCN(CC(C)(C)CN)S(=O)(=O)c1cnc[nH]1. The number of nitrogens with two attached hydrogens (primary N) is 1. The normalized spacial score (nSPS) is 13.2. The zero-order valence-electron chi connectivity index (χ0n) is 10.5. The molecule has 0 amide bonds. The molecule has 0 aliphatic carbocycles. The largest absolute Gasteiger partial charge is 0.335 e. The van der Waals surface area contributed by atoms with Crippen LogP contribution in [0.1, 0.15) is 20.8 Å². The molecule has 0 bridgehead atoms. The number of hydrogen-bond donors (Lipinski definition) is 2. The second-order valence-corrected chi connectivity index (χ2v) is 6.62. The molecule has 0 saturated heterocycles. The fraction of sp³-hybridized carbons (Fsp3) is 0.700. The Morgan fingerprint density at radius 2 is 2.18 bits per heavy atom. The second kappa shape index (κ2) is 5.16. The monoisotopic (exact) mass is 260 g/mol. The van der Waals surface area contributed by atoms with E-state index in [0.717, 1.165) is 0 Å². The maximum atomic E-state index is 12.2. The van der Waals surface area contributed by atoms with Crippen LogP contribution in [0.15, 0.2) is 17.6 Å². The van der Waals surface area contributed by atoms with Crippen LogP contribution in [-0.4, -0.2) is 42.3 Å². The van der Waals surface area contributed by atoms with Gasteiger partial charge in [-0.2, -0.15) is 4.31 Å². The molecule has 1 heterocycles. The molecular weight excluding hydrogens is 240 g/mol. The van der Waals surface area contributed by atoms with Gasteiger partial charge in [-0.3, -0.25) is 0 Å². The number of hydrogen-bond acceptors (Lipinski definition) is 4. The fourth-order valence-corrected chi connectivity index (χ4v) is 2.97. The Morgan fingerprint density at radius 3 is 2.59 bits per heavy atom. The Hall–Kier alpha value is -0.920. The minimum absolute atomic E-state index is 0.118. The number of H-pyrrole nitrogens is 1. The van der Waals surface area contributed by atoms with Crippen LogP contribution in [0.3, 0.4) is 0 Å². The van der Waals surface area contributed by atoms with Gasteiger partial charge in [0.1, 0.15) is 0 Å². The lowest BCUT2D eigenvalue weighted by molar-refractivity contribution is 0.272. The van der Waals surface area contributed by atoms with Crippen LogP contribution < -0.4 is 5.73 Å². The van der Waals surface area contributed by atoms with E-state index in [-0.39, 0.29) is 10.4 Å². The molecule has 0 spiro atoms. The van der Waals surface area contributed by atoms with Crippen LogP contribution >= 0.6 is 0 Å². The molecular formula is C10H20N4O2S. The lowest BCUT2D eigenvalue weighted by Gasteiger charge is -2.29. The van der Waals surface area contributed by atoms with E-state index in [0.29, 0.717) is 19.6 Å². The molecule has 0 aliphatic rings. The number of nitrogens with zero attached hydrogens (tertiary/aromatic N) is 2. The summed E-state index contributed by atoms with van der Waals surface area (Å²) in [7, 11) is -3.49. The molecule has 1 aromatic heterocycles. The second-order valence-electron chi connectivity index (χ2n) is 4.72. The van der Waals surface area contributed by atoms with E-state index in [4.69, 9.17) is 5.73 Å². The summed E-state index contributed by atoms with van der Waals surface area (Å²) < 4.78 is 25.9. The van der Waals surface area contributed by atoms with Crippen LogP contribution in [0.4, 0.5) is 0 Å². The summed E-state index contributed by atoms with van der Waals surface area (Å²) in [4.78, 5) is 6.36. The highest BCUT2D eigenvalue weighted by molar-refractivity contribution is 7.89. The molecule has 0 fully saturated rings. The quantitative estimate of drug-likeness (QED) is 0.774. The van der Waals surface area contributed by atoms with Gasteiger partial charge in [0, 0.05) is 13.1 Å². The first kappa shape index (κ1) is 14.1. The Balaban J connectivity index is 2.96. The molecule has 0 aliphatic heterocycles. The predicted molar refractivity (Wildman–Crippen MR) is 65.9 cm³/mol. The van der Waals surface area contributed by atoms with E-state index in [1.807, 2.05) is 13.8 Å². The van der Waals surface area contributed by atoms with Gasteiger partial charge in [0.25, 0.3) is 10.0 Å². The van der Waals surface area contributed by atoms with Gasteiger partial charge < -0.3 is 10.7 Å². The summed E-state index contributed by atoms with van der Waals surface area (Å²) in [6, 6.07) is 0. The lowest BCUT2D eigenvalue weighted by Crippen LogP contribution is -2.42. The van der Waals surface area contributed by atoms with Crippen molar-refractivity contribution in [1.29, 1.82) is 0 Å². The van der Waals surface area contributed by atoms with Crippen LogP contribution in [0.5, 0.6) is 0 Å². The highest BCUT2D eigenvalue weighted by Crippen LogP contribution is 2.20. The standard InChI is InChI=1S/C10H20N4O2S/c1-4-14(7-10(2,3)6-11)17(15,16)9-5-12-8-13-9/h5,8H,4,6-7,11H2,1-3H3,(H,12,13). The summed E-state index contributed by atoms with van der Waals surface area (Å²) in [6.07, 6.45) is 2.67. The minimum Gasteiger partial charge on any atom is -0.335 e. The highest BCUT2D eigenvalue weighted by Gasteiger charge is 2.29. The summed E-state index contributed by atoms with van der Waals surface area (Å²) in [5.41, 5.74) is 5.38. The molecule has 3 N–H and O–H groups in total.